The molecule has 1 aliphatic heterocycles. The fourth-order valence-corrected chi connectivity index (χ4v) is 3.15. The van der Waals surface area contributed by atoms with Crippen molar-refractivity contribution in [3.8, 4) is 0 Å². The number of hydrogen-bond acceptors (Lipinski definition) is 5. The number of nitrogens with zero attached hydrogens (tertiary/aromatic N) is 3. The fourth-order valence-electron chi connectivity index (χ4n) is 3.15. The van der Waals surface area contributed by atoms with Gasteiger partial charge in [-0.1, -0.05) is 12.1 Å². The summed E-state index contributed by atoms with van der Waals surface area (Å²) in [5, 5.41) is 3.90. The number of carbonyl (C=O) groups excluding carboxylic acids is 1. The molecule has 3 rings (SSSR count). The molecule has 7 heteroatoms. The molecule has 0 aliphatic carbocycles. The Balaban J connectivity index is 1.74. The number of H-pyrrole nitrogens is 1. The zero-order valence-electron chi connectivity index (χ0n) is 14.0. The van der Waals surface area contributed by atoms with Gasteiger partial charge in [0.1, 0.15) is 11.6 Å². The molecule has 1 N–H and O–H groups in total. The van der Waals surface area contributed by atoms with Crippen LogP contribution in [0.3, 0.4) is 0 Å². The topological polar surface area (TPSA) is 92.1 Å². The van der Waals surface area contributed by atoms with Crippen LogP contribution in [0.5, 0.6) is 0 Å². The molecule has 1 saturated heterocycles. The van der Waals surface area contributed by atoms with Crippen LogP contribution in [0.2, 0.25) is 0 Å². The van der Waals surface area contributed by atoms with Crippen molar-refractivity contribution >= 4 is 5.91 Å². The van der Waals surface area contributed by atoms with Gasteiger partial charge in [0.25, 0.3) is 11.5 Å². The highest BCUT2D eigenvalue weighted by atomic mass is 16.5. The van der Waals surface area contributed by atoms with Crippen LogP contribution in [0.15, 0.2) is 21.5 Å². The highest BCUT2D eigenvalue weighted by Crippen LogP contribution is 2.26. The predicted octanol–water partition coefficient (Wildman–Crippen LogP) is 2.04. The van der Waals surface area contributed by atoms with Gasteiger partial charge < -0.3 is 14.4 Å². The zero-order valence-corrected chi connectivity index (χ0v) is 14.0. The number of aryl methyl sites for hydroxylation is 2. The SMILES string of the molecule is CCCc1cc(C(=O)N2CCC[C@@H](c3cc(=O)[nH]c(C)n3)C2)no1. The summed E-state index contributed by atoms with van der Waals surface area (Å²) < 4.78 is 5.20. The summed E-state index contributed by atoms with van der Waals surface area (Å²) in [4.78, 5) is 33.2. The minimum Gasteiger partial charge on any atom is -0.361 e. The summed E-state index contributed by atoms with van der Waals surface area (Å²) in [5.74, 6) is 1.29. The van der Waals surface area contributed by atoms with Gasteiger partial charge >= 0.3 is 0 Å². The van der Waals surface area contributed by atoms with Gasteiger partial charge in [0.15, 0.2) is 5.69 Å². The lowest BCUT2D eigenvalue weighted by molar-refractivity contribution is 0.0695. The molecule has 1 aliphatic rings. The van der Waals surface area contributed by atoms with E-state index in [2.05, 4.69) is 22.0 Å². The summed E-state index contributed by atoms with van der Waals surface area (Å²) >= 11 is 0. The number of piperidine rings is 1. The molecule has 0 radical (unpaired) electrons. The van der Waals surface area contributed by atoms with E-state index < -0.39 is 0 Å². The van der Waals surface area contributed by atoms with Crippen molar-refractivity contribution in [1.29, 1.82) is 0 Å². The lowest BCUT2D eigenvalue weighted by Gasteiger charge is -2.31. The Kier molecular flexibility index (Phi) is 4.78. The summed E-state index contributed by atoms with van der Waals surface area (Å²) in [6.07, 6.45) is 3.52. The van der Waals surface area contributed by atoms with E-state index in [9.17, 15) is 9.59 Å². The maximum absolute atomic E-state index is 12.6. The molecule has 0 aromatic carbocycles. The number of hydrogen-bond donors (Lipinski definition) is 1. The number of aromatic nitrogens is 3. The normalized spacial score (nSPS) is 17.9. The van der Waals surface area contributed by atoms with Crippen LogP contribution in [0.25, 0.3) is 0 Å². The van der Waals surface area contributed by atoms with Crippen LogP contribution in [-0.4, -0.2) is 39.0 Å². The van der Waals surface area contributed by atoms with Gasteiger partial charge in [0.05, 0.1) is 5.69 Å². The van der Waals surface area contributed by atoms with Crippen LogP contribution in [0.4, 0.5) is 0 Å². The lowest BCUT2D eigenvalue weighted by atomic mass is 9.94. The number of likely N-dealkylation sites (tertiary alicyclic amines) is 1. The molecule has 0 spiro atoms. The molecule has 0 unspecified atom stereocenters. The lowest BCUT2D eigenvalue weighted by Crippen LogP contribution is -2.39. The predicted molar refractivity (Wildman–Crippen MR) is 88.0 cm³/mol. The maximum Gasteiger partial charge on any atom is 0.276 e. The van der Waals surface area contributed by atoms with E-state index in [1.165, 1.54) is 6.07 Å². The van der Waals surface area contributed by atoms with Crippen molar-refractivity contribution in [1.82, 2.24) is 20.0 Å². The van der Waals surface area contributed by atoms with Gasteiger partial charge in [0, 0.05) is 37.6 Å². The summed E-state index contributed by atoms with van der Waals surface area (Å²) in [5.41, 5.74) is 0.955. The van der Waals surface area contributed by atoms with Gasteiger partial charge in [-0.25, -0.2) is 4.98 Å². The average molecular weight is 330 g/mol. The minimum absolute atomic E-state index is 0.0747. The highest BCUT2D eigenvalue weighted by Gasteiger charge is 2.28. The first-order valence-electron chi connectivity index (χ1n) is 8.39. The zero-order chi connectivity index (χ0) is 17.1. The van der Waals surface area contributed by atoms with Crippen molar-refractivity contribution in [2.75, 3.05) is 13.1 Å². The smallest absolute Gasteiger partial charge is 0.276 e. The molecule has 7 nitrogen and oxygen atoms in total. The van der Waals surface area contributed by atoms with Crippen LogP contribution in [0.1, 0.15) is 59.9 Å². The molecule has 128 valence electrons. The van der Waals surface area contributed by atoms with E-state index in [0.29, 0.717) is 24.6 Å². The number of carbonyl (C=O) groups is 1. The maximum atomic E-state index is 12.6. The van der Waals surface area contributed by atoms with Gasteiger partial charge in [-0.15, -0.1) is 0 Å². The van der Waals surface area contributed by atoms with E-state index in [0.717, 1.165) is 37.1 Å². The van der Waals surface area contributed by atoms with E-state index >= 15 is 0 Å². The monoisotopic (exact) mass is 330 g/mol. The van der Waals surface area contributed by atoms with E-state index in [1.807, 2.05) is 0 Å². The number of aromatic amines is 1. The first-order valence-corrected chi connectivity index (χ1v) is 8.39. The molecule has 2 aromatic rings. The van der Waals surface area contributed by atoms with Crippen molar-refractivity contribution in [3.05, 3.63) is 45.5 Å². The average Bonchev–Trinajstić information content (AvgIpc) is 3.02. The second kappa shape index (κ2) is 6.98. The molecular formula is C17H22N4O3. The Labute approximate surface area is 140 Å². The molecule has 1 amide bonds. The standard InChI is InChI=1S/C17H22N4O3/c1-3-5-13-8-15(20-24-13)17(23)21-7-4-6-12(10-21)14-9-16(22)19-11(2)18-14/h8-9,12H,3-7,10H2,1-2H3,(H,18,19,22)/t12-/m1/s1. The van der Waals surface area contributed by atoms with E-state index in [4.69, 9.17) is 4.52 Å². The van der Waals surface area contributed by atoms with Gasteiger partial charge in [-0.3, -0.25) is 9.59 Å². The Morgan fingerprint density at radius 2 is 2.29 bits per heavy atom. The molecule has 2 aromatic heterocycles. The highest BCUT2D eigenvalue weighted by molar-refractivity contribution is 5.92. The number of nitrogens with one attached hydrogen (secondary N) is 1. The second-order valence-corrected chi connectivity index (χ2v) is 6.27. The van der Waals surface area contributed by atoms with Gasteiger partial charge in [-0.05, 0) is 26.2 Å². The fraction of sp³-hybridized carbons (Fsp3) is 0.529. The molecule has 0 saturated carbocycles. The first kappa shape index (κ1) is 16.4. The first-order chi connectivity index (χ1) is 11.6. The summed E-state index contributed by atoms with van der Waals surface area (Å²) in [6, 6.07) is 3.26. The molecule has 24 heavy (non-hydrogen) atoms. The second-order valence-electron chi connectivity index (χ2n) is 6.27. The third kappa shape index (κ3) is 3.55. The quantitative estimate of drug-likeness (QED) is 0.926. The van der Waals surface area contributed by atoms with Crippen LogP contribution in [-0.2, 0) is 6.42 Å². The van der Waals surface area contributed by atoms with Crippen LogP contribution >= 0.6 is 0 Å². The third-order valence-electron chi connectivity index (χ3n) is 4.28. The van der Waals surface area contributed by atoms with Crippen LogP contribution < -0.4 is 5.56 Å². The number of amides is 1. The van der Waals surface area contributed by atoms with E-state index in [-0.39, 0.29) is 17.4 Å². The molecule has 3 heterocycles. The summed E-state index contributed by atoms with van der Waals surface area (Å²) in [7, 11) is 0. The van der Waals surface area contributed by atoms with Crippen LogP contribution in [0, 0.1) is 6.92 Å². The van der Waals surface area contributed by atoms with E-state index in [1.54, 1.807) is 17.9 Å². The third-order valence-corrected chi connectivity index (χ3v) is 4.28. The Morgan fingerprint density at radius 3 is 3.04 bits per heavy atom. The van der Waals surface area contributed by atoms with Gasteiger partial charge in [0.2, 0.25) is 0 Å². The van der Waals surface area contributed by atoms with Gasteiger partial charge in [-0.2, -0.15) is 0 Å². The largest absolute Gasteiger partial charge is 0.361 e. The van der Waals surface area contributed by atoms with Crippen molar-refractivity contribution < 1.29 is 9.32 Å². The Morgan fingerprint density at radius 1 is 1.46 bits per heavy atom. The van der Waals surface area contributed by atoms with Crippen molar-refractivity contribution in [2.24, 2.45) is 0 Å². The van der Waals surface area contributed by atoms with Crippen molar-refractivity contribution in [2.45, 2.75) is 45.4 Å². The Bertz CT molecular complexity index is 780. The molecule has 0 bridgehead atoms. The Hall–Kier alpha value is -2.44. The molecule has 1 fully saturated rings. The minimum atomic E-state index is -0.151. The summed E-state index contributed by atoms with van der Waals surface area (Å²) in [6.45, 7) is 5.05. The molecule has 1 atom stereocenters. The molecular weight excluding hydrogens is 308 g/mol. The number of rotatable bonds is 4. The van der Waals surface area contributed by atoms with Crippen molar-refractivity contribution in [3.63, 3.8) is 0 Å².